The molecule has 0 aliphatic carbocycles. The van der Waals surface area contributed by atoms with Gasteiger partial charge in [-0.05, 0) is 42.3 Å². The first kappa shape index (κ1) is 25.0. The highest BCUT2D eigenvalue weighted by atomic mass is 35.5. The van der Waals surface area contributed by atoms with Crippen LogP contribution < -0.4 is 4.90 Å². The molecule has 0 unspecified atom stereocenters. The van der Waals surface area contributed by atoms with Crippen LogP contribution in [0, 0.1) is 12.7 Å². The Morgan fingerprint density at radius 3 is 2.22 bits per heavy atom. The number of aryl methyl sites for hydroxylation is 1. The van der Waals surface area contributed by atoms with E-state index in [1.165, 1.54) is 24.3 Å². The molecular formula is C21H20ClF7N2S. The van der Waals surface area contributed by atoms with Gasteiger partial charge in [-0.1, -0.05) is 17.7 Å². The van der Waals surface area contributed by atoms with Gasteiger partial charge in [-0.3, -0.25) is 4.90 Å². The topological polar surface area (TPSA) is 6.48 Å². The van der Waals surface area contributed by atoms with E-state index >= 15 is 0 Å². The molecule has 2 nitrogen and oxygen atoms in total. The van der Waals surface area contributed by atoms with Gasteiger partial charge >= 0.3 is 12.4 Å². The van der Waals surface area contributed by atoms with Crippen molar-refractivity contribution >= 4 is 29.1 Å². The Bertz CT molecular complexity index is 954. The zero-order valence-electron chi connectivity index (χ0n) is 17.0. The van der Waals surface area contributed by atoms with Gasteiger partial charge in [-0.2, -0.15) is 26.3 Å². The molecule has 2 aromatic carbocycles. The third-order valence-electron chi connectivity index (χ3n) is 5.09. The Morgan fingerprint density at radius 1 is 0.969 bits per heavy atom. The molecule has 11 heteroatoms. The minimum absolute atomic E-state index is 0.228. The van der Waals surface area contributed by atoms with Crippen molar-refractivity contribution < 1.29 is 30.7 Å². The third kappa shape index (κ3) is 6.45. The second-order valence-electron chi connectivity index (χ2n) is 7.55. The van der Waals surface area contributed by atoms with Crippen LogP contribution in [0.2, 0.25) is 5.02 Å². The van der Waals surface area contributed by atoms with Crippen molar-refractivity contribution in [1.82, 2.24) is 4.90 Å². The summed E-state index contributed by atoms with van der Waals surface area (Å²) in [5.41, 5.74) is 0.233. The summed E-state index contributed by atoms with van der Waals surface area (Å²) in [5.74, 6) is -1.58. The molecule has 1 heterocycles. The minimum Gasteiger partial charge on any atom is -0.367 e. The molecule has 0 N–H and O–H groups in total. The number of nitrogens with zero attached hydrogens (tertiary/aromatic N) is 2. The molecule has 3 rings (SSSR count). The van der Waals surface area contributed by atoms with Gasteiger partial charge in [-0.15, -0.1) is 11.8 Å². The number of rotatable bonds is 5. The van der Waals surface area contributed by atoms with Crippen molar-refractivity contribution in [2.75, 3.05) is 36.8 Å². The predicted octanol–water partition coefficient (Wildman–Crippen LogP) is 6.78. The SMILES string of the molecule is Cc1cc(F)c(N2CCN(Cc3ccc(Cl)c(C(F)(F)F)c3)CC2)cc1SCC(F)(F)F. The van der Waals surface area contributed by atoms with Crippen molar-refractivity contribution in [1.29, 1.82) is 0 Å². The van der Waals surface area contributed by atoms with E-state index in [2.05, 4.69) is 0 Å². The van der Waals surface area contributed by atoms with Gasteiger partial charge in [0.1, 0.15) is 5.82 Å². The fraction of sp³-hybridized carbons (Fsp3) is 0.429. The van der Waals surface area contributed by atoms with Crippen molar-refractivity contribution in [3.05, 3.63) is 57.9 Å². The van der Waals surface area contributed by atoms with Crippen molar-refractivity contribution in [2.24, 2.45) is 0 Å². The molecule has 0 atom stereocenters. The zero-order valence-corrected chi connectivity index (χ0v) is 18.5. The summed E-state index contributed by atoms with van der Waals surface area (Å²) in [6.45, 7) is 3.54. The van der Waals surface area contributed by atoms with Crippen LogP contribution >= 0.6 is 23.4 Å². The molecule has 1 saturated heterocycles. The third-order valence-corrected chi connectivity index (χ3v) is 6.64. The van der Waals surface area contributed by atoms with Crippen molar-refractivity contribution in [3.63, 3.8) is 0 Å². The summed E-state index contributed by atoms with van der Waals surface area (Å²) >= 11 is 6.27. The molecule has 2 aromatic rings. The fourth-order valence-corrected chi connectivity index (χ4v) is 4.52. The maximum absolute atomic E-state index is 14.5. The second kappa shape index (κ2) is 9.69. The molecule has 0 aromatic heterocycles. The van der Waals surface area contributed by atoms with Crippen LogP contribution in [0.5, 0.6) is 0 Å². The van der Waals surface area contributed by atoms with Gasteiger partial charge in [-0.25, -0.2) is 4.39 Å². The minimum atomic E-state index is -4.55. The number of hydrogen-bond acceptors (Lipinski definition) is 3. The molecule has 0 saturated carbocycles. The van der Waals surface area contributed by atoms with Gasteiger partial charge in [0, 0.05) is 37.6 Å². The molecule has 176 valence electrons. The highest BCUT2D eigenvalue weighted by Crippen LogP contribution is 2.36. The normalized spacial score (nSPS) is 16.0. The van der Waals surface area contributed by atoms with Gasteiger partial charge in [0.25, 0.3) is 0 Å². The number of alkyl halides is 6. The molecular weight excluding hydrogens is 481 g/mol. The number of hydrogen-bond donors (Lipinski definition) is 0. The summed E-state index contributed by atoms with van der Waals surface area (Å²) in [5, 5.41) is -0.361. The smallest absolute Gasteiger partial charge is 0.367 e. The standard InChI is InChI=1S/C21H20ClF7N2S/c1-13-8-17(23)18(10-19(13)32-12-20(24,25)26)31-6-4-30(5-7-31)11-14-2-3-16(22)15(9-14)21(27,28)29/h2-3,8-10H,4-7,11-12H2,1H3. The van der Waals surface area contributed by atoms with E-state index in [1.54, 1.807) is 11.8 Å². The quantitative estimate of drug-likeness (QED) is 0.330. The van der Waals surface area contributed by atoms with E-state index in [0.29, 0.717) is 54.0 Å². The summed E-state index contributed by atoms with van der Waals surface area (Å²) in [6, 6.07) is 6.45. The number of thioether (sulfide) groups is 1. The molecule has 0 bridgehead atoms. The highest BCUT2D eigenvalue weighted by Gasteiger charge is 2.33. The van der Waals surface area contributed by atoms with Gasteiger partial charge in [0.2, 0.25) is 0 Å². The number of halogens is 8. The average Bonchev–Trinajstić information content (AvgIpc) is 2.68. The van der Waals surface area contributed by atoms with Crippen LogP contribution in [0.1, 0.15) is 16.7 Å². The summed E-state index contributed by atoms with van der Waals surface area (Å²) < 4.78 is 91.4. The Labute approximate surface area is 190 Å². The largest absolute Gasteiger partial charge is 0.417 e. The fourth-order valence-electron chi connectivity index (χ4n) is 3.49. The lowest BCUT2D eigenvalue weighted by Crippen LogP contribution is -2.46. The lowest BCUT2D eigenvalue weighted by Gasteiger charge is -2.36. The van der Waals surface area contributed by atoms with E-state index in [0.717, 1.165) is 6.07 Å². The van der Waals surface area contributed by atoms with E-state index < -0.39 is 29.5 Å². The van der Waals surface area contributed by atoms with Crippen molar-refractivity contribution in [3.8, 4) is 0 Å². The van der Waals surface area contributed by atoms with Crippen LogP contribution in [0.15, 0.2) is 35.2 Å². The van der Waals surface area contributed by atoms with Crippen LogP contribution in [0.3, 0.4) is 0 Å². The summed E-state index contributed by atoms with van der Waals surface area (Å²) in [7, 11) is 0. The van der Waals surface area contributed by atoms with Gasteiger partial charge in [0.05, 0.1) is 22.0 Å². The van der Waals surface area contributed by atoms with Crippen LogP contribution in [-0.2, 0) is 12.7 Å². The molecule has 0 amide bonds. The van der Waals surface area contributed by atoms with Crippen LogP contribution in [-0.4, -0.2) is 43.0 Å². The van der Waals surface area contributed by atoms with Crippen LogP contribution in [0.4, 0.5) is 36.4 Å². The first-order chi connectivity index (χ1) is 14.8. The van der Waals surface area contributed by atoms with E-state index in [-0.39, 0.29) is 17.3 Å². The summed E-state index contributed by atoms with van der Waals surface area (Å²) in [4.78, 5) is 4.04. The molecule has 0 radical (unpaired) electrons. The Morgan fingerprint density at radius 2 is 1.62 bits per heavy atom. The zero-order chi connectivity index (χ0) is 23.7. The average molecular weight is 501 g/mol. The first-order valence-electron chi connectivity index (χ1n) is 9.66. The van der Waals surface area contributed by atoms with E-state index in [9.17, 15) is 30.7 Å². The second-order valence-corrected chi connectivity index (χ2v) is 8.97. The highest BCUT2D eigenvalue weighted by molar-refractivity contribution is 7.99. The summed E-state index contributed by atoms with van der Waals surface area (Å²) in [6.07, 6.45) is -8.87. The van der Waals surface area contributed by atoms with Crippen molar-refractivity contribution in [2.45, 2.75) is 30.7 Å². The molecule has 0 spiro atoms. The predicted molar refractivity (Wildman–Crippen MR) is 112 cm³/mol. The number of benzene rings is 2. The molecule has 1 fully saturated rings. The lowest BCUT2D eigenvalue weighted by molar-refractivity contribution is -0.137. The number of piperazine rings is 1. The Balaban J connectivity index is 1.66. The molecule has 32 heavy (non-hydrogen) atoms. The lowest BCUT2D eigenvalue weighted by atomic mass is 10.1. The first-order valence-corrected chi connectivity index (χ1v) is 11.0. The van der Waals surface area contributed by atoms with Gasteiger partial charge in [0.15, 0.2) is 0 Å². The Kier molecular flexibility index (Phi) is 7.56. The van der Waals surface area contributed by atoms with Crippen LogP contribution in [0.25, 0.3) is 0 Å². The molecule has 1 aliphatic rings. The molecule has 1 aliphatic heterocycles. The maximum atomic E-state index is 14.5. The Hall–Kier alpha value is -1.65. The van der Waals surface area contributed by atoms with Gasteiger partial charge < -0.3 is 4.90 Å². The number of anilines is 1. The monoisotopic (exact) mass is 500 g/mol. The van der Waals surface area contributed by atoms with E-state index in [4.69, 9.17) is 11.6 Å². The van der Waals surface area contributed by atoms with E-state index in [1.807, 2.05) is 4.90 Å². The maximum Gasteiger partial charge on any atom is 0.417 e.